The van der Waals surface area contributed by atoms with Gasteiger partial charge in [-0.25, -0.2) is 8.42 Å². The monoisotopic (exact) mass is 396 g/mol. The Morgan fingerprint density at radius 1 is 1.35 bits per heavy atom. The van der Waals surface area contributed by atoms with Crippen LogP contribution in [-0.2, 0) is 15.3 Å². The van der Waals surface area contributed by atoms with Crippen molar-refractivity contribution in [1.82, 2.24) is 24.7 Å². The van der Waals surface area contributed by atoms with E-state index in [1.54, 1.807) is 10.9 Å². The van der Waals surface area contributed by atoms with Crippen LogP contribution in [0.3, 0.4) is 0 Å². The van der Waals surface area contributed by atoms with Crippen molar-refractivity contribution < 1.29 is 8.42 Å². The maximum absolute atomic E-state index is 11.8. The normalized spacial score (nSPS) is 20.3. The lowest BCUT2D eigenvalue weighted by atomic mass is 9.96. The molecular formula is C16H24N6O2S2. The van der Waals surface area contributed by atoms with Crippen LogP contribution in [-0.4, -0.2) is 50.8 Å². The Morgan fingerprint density at radius 3 is 2.62 bits per heavy atom. The second kappa shape index (κ2) is 6.41. The summed E-state index contributed by atoms with van der Waals surface area (Å²) in [5.74, 6) is 1.11. The first-order chi connectivity index (χ1) is 12.0. The topological polar surface area (TPSA) is 97.9 Å². The van der Waals surface area contributed by atoms with E-state index in [2.05, 4.69) is 20.4 Å². The Bertz CT molecular complexity index is 1020. The van der Waals surface area contributed by atoms with E-state index in [1.807, 2.05) is 39.3 Å². The molecule has 0 saturated carbocycles. The van der Waals surface area contributed by atoms with Crippen molar-refractivity contribution in [2.45, 2.75) is 52.5 Å². The van der Waals surface area contributed by atoms with E-state index in [1.165, 1.54) is 0 Å². The lowest BCUT2D eigenvalue weighted by Gasteiger charge is -2.15. The van der Waals surface area contributed by atoms with Crippen molar-refractivity contribution in [3.8, 4) is 0 Å². The number of aryl methyl sites for hydroxylation is 1. The average Bonchev–Trinajstić information content (AvgIpc) is 3.14. The molecular weight excluding hydrogens is 372 g/mol. The van der Waals surface area contributed by atoms with E-state index in [4.69, 9.17) is 12.2 Å². The Hall–Kier alpha value is -1.81. The van der Waals surface area contributed by atoms with Gasteiger partial charge in [-0.2, -0.15) is 20.0 Å². The number of aromatic amines is 1. The van der Waals surface area contributed by atoms with E-state index in [9.17, 15) is 8.42 Å². The molecule has 0 spiro atoms. The van der Waals surface area contributed by atoms with Crippen LogP contribution >= 0.6 is 12.2 Å². The smallest absolute Gasteiger partial charge is 0.216 e. The first-order valence-electron chi connectivity index (χ1n) is 8.48. The third-order valence-corrected chi connectivity index (χ3v) is 6.57. The van der Waals surface area contributed by atoms with Crippen LogP contribution in [0.2, 0.25) is 0 Å². The number of rotatable bonds is 3. The molecule has 3 heterocycles. The number of nitrogens with zero attached hydrogens (tertiary/aromatic N) is 5. The summed E-state index contributed by atoms with van der Waals surface area (Å²) in [7, 11) is -2.96. The van der Waals surface area contributed by atoms with Crippen LogP contribution in [0.1, 0.15) is 56.0 Å². The van der Waals surface area contributed by atoms with Gasteiger partial charge in [-0.3, -0.25) is 9.78 Å². The largest absolute Gasteiger partial charge is 0.265 e. The predicted octanol–water partition coefficient (Wildman–Crippen LogP) is 2.29. The minimum atomic E-state index is -2.96. The molecule has 1 fully saturated rings. The van der Waals surface area contributed by atoms with Gasteiger partial charge < -0.3 is 0 Å². The van der Waals surface area contributed by atoms with E-state index in [-0.39, 0.29) is 23.0 Å². The summed E-state index contributed by atoms with van der Waals surface area (Å²) in [5, 5.41) is 16.1. The lowest BCUT2D eigenvalue weighted by Crippen LogP contribution is -2.17. The highest BCUT2D eigenvalue weighted by Gasteiger charge is 2.31. The zero-order chi connectivity index (χ0) is 19.3. The van der Waals surface area contributed by atoms with Crippen molar-refractivity contribution >= 4 is 28.3 Å². The van der Waals surface area contributed by atoms with Crippen LogP contribution in [0.4, 0.5) is 0 Å². The fourth-order valence-electron chi connectivity index (χ4n) is 3.19. The molecule has 142 valence electrons. The first-order valence-corrected chi connectivity index (χ1v) is 10.7. The summed E-state index contributed by atoms with van der Waals surface area (Å²) >= 11 is 5.28. The molecule has 3 rings (SSSR count). The molecule has 1 aliphatic heterocycles. The molecule has 1 aliphatic rings. The van der Waals surface area contributed by atoms with Crippen LogP contribution < -0.4 is 0 Å². The van der Waals surface area contributed by atoms with Gasteiger partial charge in [0.25, 0.3) is 0 Å². The van der Waals surface area contributed by atoms with Gasteiger partial charge in [0.15, 0.2) is 15.7 Å². The number of aromatic nitrogens is 5. The van der Waals surface area contributed by atoms with Crippen molar-refractivity contribution in [3.63, 3.8) is 0 Å². The SMILES string of the molecule is Cc1nn([C@@H]2CCS(=O)(=O)C2)c(C)c1/C=N\n1c(C(C)(C)C)n[nH]c1=S. The van der Waals surface area contributed by atoms with E-state index in [0.717, 1.165) is 22.8 Å². The number of sulfone groups is 1. The Morgan fingerprint density at radius 2 is 2.04 bits per heavy atom. The fraction of sp³-hybridized carbons (Fsp3) is 0.625. The summed E-state index contributed by atoms with van der Waals surface area (Å²) in [5.41, 5.74) is 2.37. The average molecular weight is 397 g/mol. The molecule has 1 N–H and O–H groups in total. The van der Waals surface area contributed by atoms with Crippen LogP contribution in [0.5, 0.6) is 0 Å². The van der Waals surface area contributed by atoms with Crippen LogP contribution in [0.25, 0.3) is 0 Å². The van der Waals surface area contributed by atoms with Crippen molar-refractivity contribution in [3.05, 3.63) is 27.5 Å². The molecule has 0 aromatic carbocycles. The van der Waals surface area contributed by atoms with Crippen molar-refractivity contribution in [1.29, 1.82) is 0 Å². The van der Waals surface area contributed by atoms with Gasteiger partial charge in [0, 0.05) is 16.7 Å². The summed E-state index contributed by atoms with van der Waals surface area (Å²) in [6.45, 7) is 9.95. The van der Waals surface area contributed by atoms with Gasteiger partial charge in [0.05, 0.1) is 29.5 Å². The van der Waals surface area contributed by atoms with Crippen molar-refractivity contribution in [2.75, 3.05) is 11.5 Å². The number of nitrogens with one attached hydrogen (secondary N) is 1. The van der Waals surface area contributed by atoms with Gasteiger partial charge in [-0.15, -0.1) is 0 Å². The summed E-state index contributed by atoms with van der Waals surface area (Å²) in [6.07, 6.45) is 2.32. The molecule has 0 radical (unpaired) electrons. The maximum atomic E-state index is 11.8. The minimum Gasteiger partial charge on any atom is -0.265 e. The molecule has 26 heavy (non-hydrogen) atoms. The van der Waals surface area contributed by atoms with Crippen molar-refractivity contribution in [2.24, 2.45) is 5.10 Å². The zero-order valence-electron chi connectivity index (χ0n) is 15.6. The molecule has 0 unspecified atom stereocenters. The minimum absolute atomic E-state index is 0.109. The molecule has 0 aliphatic carbocycles. The van der Waals surface area contributed by atoms with Gasteiger partial charge in [-0.05, 0) is 32.5 Å². The summed E-state index contributed by atoms with van der Waals surface area (Å²) in [6, 6.07) is -0.109. The standard InChI is InChI=1S/C16H24N6O2S2/c1-10-13(8-17-22-14(16(3,4)5)18-19-15(22)25)11(2)21(20-10)12-6-7-26(23,24)9-12/h8,12H,6-7,9H2,1-5H3,(H,19,25)/b17-8-/t12-/m1/s1. The van der Waals surface area contributed by atoms with Crippen LogP contribution in [0.15, 0.2) is 5.10 Å². The molecule has 0 bridgehead atoms. The van der Waals surface area contributed by atoms with E-state index in [0.29, 0.717) is 11.2 Å². The van der Waals surface area contributed by atoms with Crippen LogP contribution in [0, 0.1) is 18.6 Å². The highest BCUT2D eigenvalue weighted by atomic mass is 32.2. The molecule has 0 amide bonds. The summed E-state index contributed by atoms with van der Waals surface area (Å²) < 4.78 is 27.4. The predicted molar refractivity (Wildman–Crippen MR) is 103 cm³/mol. The Labute approximate surface area is 158 Å². The first kappa shape index (κ1) is 19.0. The molecule has 1 atom stereocenters. The quantitative estimate of drug-likeness (QED) is 0.634. The molecule has 2 aromatic heterocycles. The number of hydrogen-bond acceptors (Lipinski definition) is 6. The highest BCUT2D eigenvalue weighted by Crippen LogP contribution is 2.26. The van der Waals surface area contributed by atoms with Gasteiger partial charge in [-0.1, -0.05) is 20.8 Å². The fourth-order valence-corrected chi connectivity index (χ4v) is 5.06. The third-order valence-electron chi connectivity index (χ3n) is 4.56. The van der Waals surface area contributed by atoms with E-state index >= 15 is 0 Å². The molecule has 8 nitrogen and oxygen atoms in total. The molecule has 10 heteroatoms. The zero-order valence-corrected chi connectivity index (χ0v) is 17.3. The molecule has 2 aromatic rings. The number of hydrogen-bond donors (Lipinski definition) is 1. The van der Waals surface area contributed by atoms with Gasteiger partial charge in [0.2, 0.25) is 4.77 Å². The summed E-state index contributed by atoms with van der Waals surface area (Å²) in [4.78, 5) is 0. The van der Waals surface area contributed by atoms with Gasteiger partial charge in [0.1, 0.15) is 0 Å². The highest BCUT2D eigenvalue weighted by molar-refractivity contribution is 7.91. The van der Waals surface area contributed by atoms with E-state index < -0.39 is 9.84 Å². The second-order valence-corrected chi connectivity index (χ2v) is 10.4. The van der Waals surface area contributed by atoms with Gasteiger partial charge >= 0.3 is 0 Å². The maximum Gasteiger partial charge on any atom is 0.216 e. The lowest BCUT2D eigenvalue weighted by molar-refractivity contribution is 0.486. The molecule has 1 saturated heterocycles. The Kier molecular flexibility index (Phi) is 4.68. The second-order valence-electron chi connectivity index (χ2n) is 7.74. The Balaban J connectivity index is 1.97. The third kappa shape index (κ3) is 3.52. The number of H-pyrrole nitrogens is 1.